The van der Waals surface area contributed by atoms with Crippen molar-refractivity contribution in [2.24, 2.45) is 0 Å². The van der Waals surface area contributed by atoms with Crippen molar-refractivity contribution >= 4 is 0 Å². The molecule has 0 aromatic rings. The van der Waals surface area contributed by atoms with E-state index in [0.29, 0.717) is 11.6 Å². The van der Waals surface area contributed by atoms with Gasteiger partial charge in [0.15, 0.2) is 0 Å². The molecule has 2 rings (SSSR count). The molecular formula is C19H38N2. The average Bonchev–Trinajstić information content (AvgIpc) is 2.95. The van der Waals surface area contributed by atoms with Crippen molar-refractivity contribution in [1.29, 1.82) is 0 Å². The van der Waals surface area contributed by atoms with Crippen LogP contribution in [0.2, 0.25) is 0 Å². The summed E-state index contributed by atoms with van der Waals surface area (Å²) in [6.45, 7) is 8.51. The van der Waals surface area contributed by atoms with Crippen molar-refractivity contribution < 1.29 is 0 Å². The van der Waals surface area contributed by atoms with Crippen molar-refractivity contribution in [3.8, 4) is 0 Å². The van der Waals surface area contributed by atoms with Crippen LogP contribution in [0.4, 0.5) is 0 Å². The van der Waals surface area contributed by atoms with Crippen molar-refractivity contribution in [2.45, 2.75) is 102 Å². The molecule has 2 heteroatoms. The van der Waals surface area contributed by atoms with E-state index in [2.05, 4.69) is 24.1 Å². The third-order valence-corrected chi connectivity index (χ3v) is 5.76. The molecule has 124 valence electrons. The molecule has 0 bridgehead atoms. The van der Waals surface area contributed by atoms with E-state index in [1.54, 1.807) is 0 Å². The smallest absolute Gasteiger partial charge is 0.0334 e. The first-order chi connectivity index (χ1) is 10.3. The molecule has 2 nitrogen and oxygen atoms in total. The van der Waals surface area contributed by atoms with Crippen LogP contribution in [0, 0.1) is 0 Å². The molecule has 1 unspecified atom stereocenters. The minimum absolute atomic E-state index is 0.535. The highest BCUT2D eigenvalue weighted by molar-refractivity contribution is 5.00. The highest BCUT2D eigenvalue weighted by Gasteiger charge is 2.42. The molecule has 1 saturated carbocycles. The molecule has 1 N–H and O–H groups in total. The maximum absolute atomic E-state index is 3.73. The second kappa shape index (κ2) is 9.15. The van der Waals surface area contributed by atoms with E-state index in [1.165, 1.54) is 96.7 Å². The van der Waals surface area contributed by atoms with Crippen LogP contribution >= 0.6 is 0 Å². The zero-order chi connectivity index (χ0) is 15.0. The number of unbranched alkanes of at least 4 members (excludes halogenated alkanes) is 7. The Hall–Kier alpha value is -0.0800. The van der Waals surface area contributed by atoms with E-state index >= 15 is 0 Å². The summed E-state index contributed by atoms with van der Waals surface area (Å²) in [5, 5.41) is 3.73. The lowest BCUT2D eigenvalue weighted by Gasteiger charge is -2.48. The molecule has 1 atom stereocenters. The first-order valence-electron chi connectivity index (χ1n) is 9.75. The third kappa shape index (κ3) is 5.25. The monoisotopic (exact) mass is 294 g/mol. The van der Waals surface area contributed by atoms with Crippen LogP contribution in [0.15, 0.2) is 0 Å². The van der Waals surface area contributed by atoms with E-state index in [9.17, 15) is 0 Å². The topological polar surface area (TPSA) is 15.3 Å². The van der Waals surface area contributed by atoms with Crippen molar-refractivity contribution in [3.63, 3.8) is 0 Å². The van der Waals surface area contributed by atoms with Gasteiger partial charge in [-0.15, -0.1) is 0 Å². The zero-order valence-corrected chi connectivity index (χ0v) is 14.6. The van der Waals surface area contributed by atoms with Gasteiger partial charge in [0.2, 0.25) is 0 Å². The van der Waals surface area contributed by atoms with E-state index in [1.807, 2.05) is 0 Å². The van der Waals surface area contributed by atoms with E-state index in [4.69, 9.17) is 0 Å². The van der Waals surface area contributed by atoms with Gasteiger partial charge in [-0.25, -0.2) is 0 Å². The average molecular weight is 295 g/mol. The quantitative estimate of drug-likeness (QED) is 0.618. The fourth-order valence-electron chi connectivity index (χ4n) is 4.36. The molecule has 1 heterocycles. The predicted molar refractivity (Wildman–Crippen MR) is 92.8 cm³/mol. The molecule has 1 saturated heterocycles. The largest absolute Gasteiger partial charge is 0.311 e. The van der Waals surface area contributed by atoms with Gasteiger partial charge in [0.1, 0.15) is 0 Å². The summed E-state index contributed by atoms with van der Waals surface area (Å²) in [5.74, 6) is 0. The Kier molecular flexibility index (Phi) is 7.53. The number of nitrogens with one attached hydrogen (secondary N) is 1. The fraction of sp³-hybridized carbons (Fsp3) is 1.00. The molecular weight excluding hydrogens is 256 g/mol. The van der Waals surface area contributed by atoms with Crippen LogP contribution in [0.25, 0.3) is 0 Å². The van der Waals surface area contributed by atoms with E-state index in [-0.39, 0.29) is 0 Å². The normalized spacial score (nSPS) is 25.7. The number of rotatable bonds is 9. The highest BCUT2D eigenvalue weighted by atomic mass is 15.3. The van der Waals surface area contributed by atoms with Crippen LogP contribution in [0.5, 0.6) is 0 Å². The molecule has 0 amide bonds. The van der Waals surface area contributed by atoms with Crippen LogP contribution < -0.4 is 5.32 Å². The molecule has 21 heavy (non-hydrogen) atoms. The highest BCUT2D eigenvalue weighted by Crippen LogP contribution is 2.37. The molecule has 2 aliphatic rings. The second-order valence-electron chi connectivity index (χ2n) is 7.63. The minimum Gasteiger partial charge on any atom is -0.311 e. The Morgan fingerprint density at radius 3 is 2.24 bits per heavy atom. The number of piperazine rings is 1. The molecule has 1 aliphatic heterocycles. The Labute approximate surface area is 133 Å². The predicted octanol–water partition coefficient (Wildman–Crippen LogP) is 4.73. The van der Waals surface area contributed by atoms with Crippen molar-refractivity contribution in [2.75, 3.05) is 19.6 Å². The third-order valence-electron chi connectivity index (χ3n) is 5.76. The first kappa shape index (κ1) is 17.3. The maximum Gasteiger partial charge on any atom is 0.0334 e. The lowest BCUT2D eigenvalue weighted by molar-refractivity contribution is 0.0450. The van der Waals surface area contributed by atoms with Crippen LogP contribution in [-0.2, 0) is 0 Å². The van der Waals surface area contributed by atoms with Crippen LogP contribution in [0.3, 0.4) is 0 Å². The summed E-state index contributed by atoms with van der Waals surface area (Å²) in [6, 6.07) is 0.685. The Bertz CT molecular complexity index is 271. The Morgan fingerprint density at radius 1 is 0.952 bits per heavy atom. The van der Waals surface area contributed by atoms with Crippen molar-refractivity contribution in [1.82, 2.24) is 10.2 Å². The van der Waals surface area contributed by atoms with Gasteiger partial charge in [-0.3, -0.25) is 4.90 Å². The summed E-state index contributed by atoms with van der Waals surface area (Å²) in [6.07, 6.45) is 17.3. The lowest BCUT2D eigenvalue weighted by Crippen LogP contribution is -2.62. The Balaban J connectivity index is 1.61. The molecule has 2 fully saturated rings. The molecule has 1 aliphatic carbocycles. The Morgan fingerprint density at radius 2 is 1.57 bits per heavy atom. The van der Waals surface area contributed by atoms with Gasteiger partial charge in [-0.05, 0) is 32.7 Å². The molecule has 0 aromatic carbocycles. The molecule has 0 radical (unpaired) electrons. The second-order valence-corrected chi connectivity index (χ2v) is 7.63. The summed E-state index contributed by atoms with van der Waals surface area (Å²) in [7, 11) is 0. The first-order valence-corrected chi connectivity index (χ1v) is 9.75. The van der Waals surface area contributed by atoms with Gasteiger partial charge in [0.05, 0.1) is 0 Å². The standard InChI is InChI=1S/C19H38N2/c1-3-4-5-6-7-8-9-12-15-21-16-18(2)20-17-19(21)13-10-11-14-19/h18,20H,3-17H2,1-2H3. The van der Waals surface area contributed by atoms with E-state index in [0.717, 1.165) is 0 Å². The summed E-state index contributed by atoms with van der Waals surface area (Å²) in [5.41, 5.74) is 0.535. The van der Waals surface area contributed by atoms with Crippen LogP contribution in [0.1, 0.15) is 90.9 Å². The maximum atomic E-state index is 3.73. The minimum atomic E-state index is 0.535. The van der Waals surface area contributed by atoms with Gasteiger partial charge < -0.3 is 5.32 Å². The zero-order valence-electron chi connectivity index (χ0n) is 14.6. The van der Waals surface area contributed by atoms with Gasteiger partial charge >= 0.3 is 0 Å². The van der Waals surface area contributed by atoms with E-state index < -0.39 is 0 Å². The van der Waals surface area contributed by atoms with Gasteiger partial charge in [-0.2, -0.15) is 0 Å². The summed E-state index contributed by atoms with van der Waals surface area (Å²) < 4.78 is 0. The number of hydrogen-bond donors (Lipinski definition) is 1. The molecule has 1 spiro atoms. The fourth-order valence-corrected chi connectivity index (χ4v) is 4.36. The summed E-state index contributed by atoms with van der Waals surface area (Å²) in [4.78, 5) is 2.86. The lowest BCUT2D eigenvalue weighted by atomic mass is 9.90. The SMILES string of the molecule is CCCCCCCCCCN1CC(C)NCC12CCCC2. The van der Waals surface area contributed by atoms with Gasteiger partial charge in [-0.1, -0.05) is 64.7 Å². The number of nitrogens with zero attached hydrogens (tertiary/aromatic N) is 1. The van der Waals surface area contributed by atoms with Gasteiger partial charge in [0, 0.05) is 24.7 Å². The van der Waals surface area contributed by atoms with Crippen molar-refractivity contribution in [3.05, 3.63) is 0 Å². The molecule has 0 aromatic heterocycles. The number of hydrogen-bond acceptors (Lipinski definition) is 2. The summed E-state index contributed by atoms with van der Waals surface area (Å²) >= 11 is 0. The van der Waals surface area contributed by atoms with Crippen LogP contribution in [-0.4, -0.2) is 36.1 Å². The van der Waals surface area contributed by atoms with Gasteiger partial charge in [0.25, 0.3) is 0 Å².